The summed E-state index contributed by atoms with van der Waals surface area (Å²) in [5, 5.41) is 14.6. The Kier molecular flexibility index (Phi) is 4.86. The van der Waals surface area contributed by atoms with Crippen LogP contribution in [-0.4, -0.2) is 15.8 Å². The first-order valence-electron chi connectivity index (χ1n) is 7.54. The largest absolute Gasteiger partial charge is 0.506 e. The van der Waals surface area contributed by atoms with E-state index in [1.165, 1.54) is 6.07 Å². The lowest BCUT2D eigenvalue weighted by molar-refractivity contribution is 0.478. The van der Waals surface area contributed by atoms with Gasteiger partial charge in [0.1, 0.15) is 5.75 Å². The molecule has 0 bridgehead atoms. The highest BCUT2D eigenvalue weighted by atomic mass is 35.5. The number of hydrogen-bond donors (Lipinski definition) is 2. The number of fused-ring (bicyclic) bond motifs is 1. The fourth-order valence-corrected chi connectivity index (χ4v) is 2.52. The van der Waals surface area contributed by atoms with Crippen LogP contribution in [0.2, 0.25) is 5.02 Å². The first kappa shape index (κ1) is 16.8. The number of pyridine rings is 1. The van der Waals surface area contributed by atoms with E-state index in [0.717, 1.165) is 5.39 Å². The monoisotopic (exact) mass is 353 g/mol. The van der Waals surface area contributed by atoms with Gasteiger partial charge in [-0.25, -0.2) is 0 Å². The normalized spacial score (nSPS) is 12.0. The number of furan rings is 1. The molecule has 0 unspecified atom stereocenters. The van der Waals surface area contributed by atoms with Gasteiger partial charge in [-0.05, 0) is 31.2 Å². The zero-order chi connectivity index (χ0) is 17.8. The third kappa shape index (κ3) is 3.56. The Balaban J connectivity index is 2.11. The van der Waals surface area contributed by atoms with E-state index in [9.17, 15) is 5.11 Å². The van der Waals surface area contributed by atoms with Crippen LogP contribution in [0, 0.1) is 0 Å². The van der Waals surface area contributed by atoms with Crippen molar-refractivity contribution in [3.05, 3.63) is 72.4 Å². The minimum Gasteiger partial charge on any atom is -0.506 e. The lowest BCUT2D eigenvalue weighted by Gasteiger charge is -2.09. The Labute approximate surface area is 150 Å². The van der Waals surface area contributed by atoms with Gasteiger partial charge in [0.2, 0.25) is 0 Å². The second-order valence-corrected chi connectivity index (χ2v) is 5.69. The lowest BCUT2D eigenvalue weighted by atomic mass is 10.2. The summed E-state index contributed by atoms with van der Waals surface area (Å²) in [6.07, 6.45) is 8.32. The smallest absolute Gasteiger partial charge is 0.172 e. The molecule has 3 rings (SSSR count). The number of rotatable bonds is 5. The van der Waals surface area contributed by atoms with Crippen molar-refractivity contribution in [1.82, 2.24) is 4.98 Å². The van der Waals surface area contributed by atoms with Gasteiger partial charge < -0.3 is 14.8 Å². The Hall–Kier alpha value is -3.05. The Bertz CT molecular complexity index is 989. The number of aromatic nitrogens is 1. The van der Waals surface area contributed by atoms with E-state index < -0.39 is 0 Å². The first-order valence-corrected chi connectivity index (χ1v) is 7.92. The van der Waals surface area contributed by atoms with Gasteiger partial charge in [-0.3, -0.25) is 9.98 Å². The van der Waals surface area contributed by atoms with Gasteiger partial charge in [-0.15, -0.1) is 0 Å². The molecule has 2 N–H and O–H groups in total. The van der Waals surface area contributed by atoms with E-state index in [2.05, 4.69) is 21.9 Å². The van der Waals surface area contributed by atoms with Gasteiger partial charge >= 0.3 is 0 Å². The van der Waals surface area contributed by atoms with Gasteiger partial charge in [-0.1, -0.05) is 24.3 Å². The van der Waals surface area contributed by atoms with Gasteiger partial charge in [0.15, 0.2) is 11.3 Å². The van der Waals surface area contributed by atoms with Crippen LogP contribution >= 0.6 is 11.6 Å². The van der Waals surface area contributed by atoms with Crippen LogP contribution in [0.1, 0.15) is 12.7 Å². The lowest BCUT2D eigenvalue weighted by Crippen LogP contribution is -1.98. The van der Waals surface area contributed by atoms with Crippen molar-refractivity contribution in [2.24, 2.45) is 4.99 Å². The van der Waals surface area contributed by atoms with Crippen LogP contribution in [0.3, 0.4) is 0 Å². The van der Waals surface area contributed by atoms with Crippen molar-refractivity contribution in [2.75, 3.05) is 5.32 Å². The molecule has 0 amide bonds. The molecule has 2 heterocycles. The number of benzene rings is 1. The number of nitrogens with one attached hydrogen (secondary N) is 1. The van der Waals surface area contributed by atoms with Crippen molar-refractivity contribution < 1.29 is 9.52 Å². The number of anilines is 2. The highest BCUT2D eigenvalue weighted by molar-refractivity contribution is 6.30. The van der Waals surface area contributed by atoms with Crippen molar-refractivity contribution in [1.29, 1.82) is 0 Å². The minimum absolute atomic E-state index is 0.0444. The molecule has 0 fully saturated rings. The summed E-state index contributed by atoms with van der Waals surface area (Å²) in [6.45, 7) is 5.46. The van der Waals surface area contributed by atoms with E-state index in [-0.39, 0.29) is 5.75 Å². The summed E-state index contributed by atoms with van der Waals surface area (Å²) in [7, 11) is 0. The third-order valence-corrected chi connectivity index (χ3v) is 3.77. The first-order chi connectivity index (χ1) is 12.1. The van der Waals surface area contributed by atoms with Crippen molar-refractivity contribution >= 4 is 39.7 Å². The Morgan fingerprint density at radius 2 is 2.24 bits per heavy atom. The zero-order valence-corrected chi connectivity index (χ0v) is 14.3. The number of aromatic hydroxyl groups is 1. The predicted molar refractivity (Wildman–Crippen MR) is 102 cm³/mol. The molecule has 0 saturated heterocycles. The van der Waals surface area contributed by atoms with E-state index in [1.807, 2.05) is 13.0 Å². The molecule has 0 saturated carbocycles. The minimum atomic E-state index is 0.0444. The summed E-state index contributed by atoms with van der Waals surface area (Å²) in [4.78, 5) is 8.43. The summed E-state index contributed by atoms with van der Waals surface area (Å²) in [6, 6.07) is 6.71. The van der Waals surface area contributed by atoms with E-state index in [0.29, 0.717) is 33.5 Å². The second kappa shape index (κ2) is 7.23. The average Bonchev–Trinajstić information content (AvgIpc) is 2.96. The van der Waals surface area contributed by atoms with E-state index >= 15 is 0 Å². The van der Waals surface area contributed by atoms with E-state index in [1.54, 1.807) is 42.9 Å². The maximum atomic E-state index is 10.1. The van der Waals surface area contributed by atoms with Gasteiger partial charge in [0.05, 0.1) is 23.3 Å². The number of phenolic OH excluding ortho intramolecular Hbond substituents is 1. The summed E-state index contributed by atoms with van der Waals surface area (Å²) < 4.78 is 5.90. The third-order valence-electron chi connectivity index (χ3n) is 3.53. The zero-order valence-electron chi connectivity index (χ0n) is 13.5. The van der Waals surface area contributed by atoms with Gasteiger partial charge in [-0.2, -0.15) is 0 Å². The van der Waals surface area contributed by atoms with Crippen molar-refractivity contribution in [3.63, 3.8) is 0 Å². The average molecular weight is 354 g/mol. The SMILES string of the molecule is C=C/C=C\N=C(/C)c1oc2cnccc2c1Nc1ccc(Cl)cc1O. The number of hydrogen-bond acceptors (Lipinski definition) is 5. The highest BCUT2D eigenvalue weighted by Crippen LogP contribution is 2.36. The Morgan fingerprint density at radius 1 is 1.40 bits per heavy atom. The fourth-order valence-electron chi connectivity index (χ4n) is 2.35. The molecule has 126 valence electrons. The molecular formula is C19H16ClN3O2. The fraction of sp³-hybridized carbons (Fsp3) is 0.0526. The quantitative estimate of drug-likeness (QED) is 0.364. The molecule has 0 spiro atoms. The predicted octanol–water partition coefficient (Wildman–Crippen LogP) is 5.44. The molecule has 1 aromatic carbocycles. The molecule has 0 aliphatic rings. The molecule has 0 radical (unpaired) electrons. The molecular weight excluding hydrogens is 338 g/mol. The van der Waals surface area contributed by atoms with Crippen LogP contribution in [-0.2, 0) is 0 Å². The summed E-state index contributed by atoms with van der Waals surface area (Å²) in [5.41, 5.74) is 2.50. The molecule has 0 atom stereocenters. The summed E-state index contributed by atoms with van der Waals surface area (Å²) in [5.74, 6) is 0.606. The molecule has 3 aromatic rings. The molecule has 6 heteroatoms. The van der Waals surface area contributed by atoms with Crippen LogP contribution < -0.4 is 5.32 Å². The molecule has 2 aromatic heterocycles. The highest BCUT2D eigenvalue weighted by Gasteiger charge is 2.17. The number of allylic oxidation sites excluding steroid dienone is 2. The molecule has 25 heavy (non-hydrogen) atoms. The molecule has 0 aliphatic carbocycles. The summed E-state index contributed by atoms with van der Waals surface area (Å²) >= 11 is 5.90. The second-order valence-electron chi connectivity index (χ2n) is 5.26. The maximum absolute atomic E-state index is 10.1. The van der Waals surface area contributed by atoms with E-state index in [4.69, 9.17) is 16.0 Å². The Morgan fingerprint density at radius 3 is 3.00 bits per heavy atom. The van der Waals surface area contributed by atoms with Crippen LogP contribution in [0.5, 0.6) is 5.75 Å². The van der Waals surface area contributed by atoms with Gasteiger partial charge in [0, 0.05) is 28.9 Å². The van der Waals surface area contributed by atoms with Crippen LogP contribution in [0.25, 0.3) is 11.0 Å². The number of nitrogens with zero attached hydrogens (tertiary/aromatic N) is 2. The van der Waals surface area contributed by atoms with Crippen LogP contribution in [0.4, 0.5) is 11.4 Å². The maximum Gasteiger partial charge on any atom is 0.172 e. The van der Waals surface area contributed by atoms with Crippen molar-refractivity contribution in [2.45, 2.75) is 6.92 Å². The van der Waals surface area contributed by atoms with Crippen LogP contribution in [0.15, 0.2) is 71.0 Å². The topological polar surface area (TPSA) is 70.7 Å². The number of phenols is 1. The van der Waals surface area contributed by atoms with Gasteiger partial charge in [0.25, 0.3) is 0 Å². The molecule has 5 nitrogen and oxygen atoms in total. The molecule has 0 aliphatic heterocycles. The number of halogens is 1. The van der Waals surface area contributed by atoms with Crippen molar-refractivity contribution in [3.8, 4) is 5.75 Å². The number of aliphatic imine (C=N–C) groups is 1. The standard InChI is InChI=1S/C19H16ClN3O2/c1-3-4-8-22-12(2)19-18(14-7-9-21-11-17(14)25-19)23-15-6-5-13(20)10-16(15)24/h3-11,23-24H,1H2,2H3/b8-4-,22-12+.